The molecule has 0 aromatic carbocycles. The largest absolute Gasteiger partial charge is 0 e. The number of rotatable bonds is 0. The second-order valence-corrected chi connectivity index (χ2v) is 0.687. The maximum atomic E-state index is 4.75. The molecule has 16 valence electrons. The van der Waals surface area contributed by atoms with Gasteiger partial charge in [-0.3, -0.25) is 0 Å². The van der Waals surface area contributed by atoms with Crippen LogP contribution in [0.5, 0.6) is 0 Å². The Morgan fingerprint density at radius 2 is 1.25 bits per heavy atom. The molecule has 0 saturated carbocycles. The topological polar surface area (TPSA) is 0 Å². The summed E-state index contributed by atoms with van der Waals surface area (Å²) in [6, 6.07) is 0. The summed E-state index contributed by atoms with van der Waals surface area (Å²) in [5.41, 5.74) is 0. The molecule has 0 aliphatic heterocycles. The molecule has 0 amide bonds. The van der Waals surface area contributed by atoms with E-state index in [9.17, 15) is 0 Å². The van der Waals surface area contributed by atoms with E-state index >= 15 is 0 Å². The SMILES string of the molecule is [B]#[Ti]#[B].[Cr]. The monoisotopic (exact) mass is 122 g/mol. The maximum Gasteiger partial charge on any atom is 0 e. The average molecular weight is 121 g/mol. The Labute approximate surface area is 45.5 Å². The van der Waals surface area contributed by atoms with Gasteiger partial charge in [-0.15, -0.1) is 0 Å². The van der Waals surface area contributed by atoms with E-state index in [2.05, 4.69) is 0 Å². The normalized spacial score (nSPS) is 6.00. The van der Waals surface area contributed by atoms with Crippen molar-refractivity contribution in [3.8, 4) is 0 Å². The van der Waals surface area contributed by atoms with Crippen molar-refractivity contribution >= 4 is 10.8 Å². The number of hydrogen-bond donors (Lipinski definition) is 0. The van der Waals surface area contributed by atoms with Crippen LogP contribution < -0.4 is 0 Å². The van der Waals surface area contributed by atoms with Crippen molar-refractivity contribution in [2.45, 2.75) is 0 Å². The Balaban J connectivity index is 0. The van der Waals surface area contributed by atoms with Crippen molar-refractivity contribution in [3.05, 3.63) is 0 Å². The molecule has 0 aromatic heterocycles. The van der Waals surface area contributed by atoms with E-state index in [0.29, 0.717) is 0 Å². The fourth-order valence-corrected chi connectivity index (χ4v) is 0. The Kier molecular flexibility index (Phi) is 20.0. The summed E-state index contributed by atoms with van der Waals surface area (Å²) in [6.45, 7) is 0. The minimum absolute atomic E-state index is 0. The van der Waals surface area contributed by atoms with Crippen LogP contribution in [-0.4, -0.2) is 10.8 Å². The smallest absolute Gasteiger partial charge is 0 e. The van der Waals surface area contributed by atoms with E-state index in [1.165, 1.54) is 0 Å². The second-order valence-electron chi connectivity index (χ2n) is 0.167. The summed E-state index contributed by atoms with van der Waals surface area (Å²) in [6.07, 6.45) is 0. The quantitative estimate of drug-likeness (QED) is 0.370. The first kappa shape index (κ1) is 9.03. The van der Waals surface area contributed by atoms with Crippen molar-refractivity contribution in [2.24, 2.45) is 0 Å². The van der Waals surface area contributed by atoms with E-state index in [4.69, 9.17) is 10.8 Å². The molecule has 0 aliphatic rings. The van der Waals surface area contributed by atoms with Crippen LogP contribution in [0.3, 0.4) is 0 Å². The van der Waals surface area contributed by atoms with Gasteiger partial charge in [0.25, 0.3) is 0 Å². The molecule has 0 unspecified atom stereocenters. The molecule has 0 atom stereocenters. The van der Waals surface area contributed by atoms with Gasteiger partial charge in [0.1, 0.15) is 0 Å². The summed E-state index contributed by atoms with van der Waals surface area (Å²) in [4.78, 5) is 0. The van der Waals surface area contributed by atoms with Crippen molar-refractivity contribution in [1.29, 1.82) is 0 Å². The Morgan fingerprint density at radius 3 is 1.25 bits per heavy atom. The van der Waals surface area contributed by atoms with Crippen molar-refractivity contribution < 1.29 is 34.7 Å². The minimum atomic E-state index is -0.500. The van der Waals surface area contributed by atoms with Gasteiger partial charge >= 0.3 is 28.1 Å². The van der Waals surface area contributed by atoms with E-state index < -0.39 is 17.4 Å². The summed E-state index contributed by atoms with van der Waals surface area (Å²) in [5, 5.41) is 9.50. The zero-order valence-corrected chi connectivity index (χ0v) is 4.90. The molecule has 0 aliphatic carbocycles. The summed E-state index contributed by atoms with van der Waals surface area (Å²) in [5.74, 6) is 0. The van der Waals surface area contributed by atoms with E-state index in [1.54, 1.807) is 0 Å². The van der Waals surface area contributed by atoms with Gasteiger partial charge in [0.05, 0.1) is 0 Å². The van der Waals surface area contributed by atoms with Gasteiger partial charge in [-0.1, -0.05) is 0 Å². The van der Waals surface area contributed by atoms with E-state index in [1.807, 2.05) is 0 Å². The third kappa shape index (κ3) is 10.1. The van der Waals surface area contributed by atoms with Gasteiger partial charge in [0.15, 0.2) is 0 Å². The zero-order valence-electron chi connectivity index (χ0n) is 2.06. The molecular weight excluding hydrogens is 121 g/mol. The third-order valence-corrected chi connectivity index (χ3v) is 0. The fraction of sp³-hybridized carbons (Fsp3) is 0. The van der Waals surface area contributed by atoms with Crippen LogP contribution in [0.2, 0.25) is 0 Å². The van der Waals surface area contributed by atoms with Gasteiger partial charge in [0, 0.05) is 17.4 Å². The third-order valence-electron chi connectivity index (χ3n) is 0. The molecule has 0 fully saturated rings. The van der Waals surface area contributed by atoms with Crippen LogP contribution in [0.1, 0.15) is 0 Å². The van der Waals surface area contributed by atoms with Crippen molar-refractivity contribution in [1.82, 2.24) is 0 Å². The molecule has 0 radical (unpaired) electrons. The first-order valence-electron chi connectivity index (χ1n) is 0.577. The van der Waals surface area contributed by atoms with Crippen LogP contribution in [0.15, 0.2) is 0 Å². The molecule has 0 aromatic rings. The molecule has 0 spiro atoms. The van der Waals surface area contributed by atoms with Crippen molar-refractivity contribution in [3.63, 3.8) is 0 Å². The van der Waals surface area contributed by atoms with Crippen LogP contribution in [0, 0.1) is 0 Å². The van der Waals surface area contributed by atoms with Crippen LogP contribution >= 0.6 is 0 Å². The van der Waals surface area contributed by atoms with Gasteiger partial charge in [-0.2, -0.15) is 0 Å². The average Bonchev–Trinajstić information content (AvgIpc) is 0.918. The van der Waals surface area contributed by atoms with Gasteiger partial charge < -0.3 is 0 Å². The Bertz CT molecular complexity index is 79.2. The minimum Gasteiger partial charge on any atom is 0 e. The van der Waals surface area contributed by atoms with Gasteiger partial charge in [-0.25, -0.2) is 0 Å². The Hall–Kier alpha value is 1.38. The first-order valence-corrected chi connectivity index (χ1v) is 2.38. The molecule has 0 nitrogen and oxygen atoms in total. The molecule has 0 N–H and O–H groups in total. The van der Waals surface area contributed by atoms with Crippen LogP contribution in [0.4, 0.5) is 0 Å². The second kappa shape index (κ2) is 8.83. The Morgan fingerprint density at radius 1 is 1.25 bits per heavy atom. The van der Waals surface area contributed by atoms with Gasteiger partial charge in [-0.05, 0) is 0 Å². The summed E-state index contributed by atoms with van der Waals surface area (Å²) >= 11 is -0.500. The standard InChI is InChI=1S/2B.Cr.Ti. The molecule has 0 bridgehead atoms. The van der Waals surface area contributed by atoms with E-state index in [-0.39, 0.29) is 17.4 Å². The van der Waals surface area contributed by atoms with Crippen molar-refractivity contribution in [2.75, 3.05) is 0 Å². The predicted octanol–water partition coefficient (Wildman–Crippen LogP) is -0.767. The number of hydrogen-bond acceptors (Lipinski definition) is 0. The zero-order chi connectivity index (χ0) is 2.71. The van der Waals surface area contributed by atoms with Gasteiger partial charge in [0.2, 0.25) is 0 Å². The molecular formula is B2CrTi. The first-order chi connectivity index (χ1) is 1.41. The molecule has 4 heteroatoms. The van der Waals surface area contributed by atoms with Crippen LogP contribution in [-0.2, 0) is 34.7 Å². The fourth-order valence-electron chi connectivity index (χ4n) is 0. The summed E-state index contributed by atoms with van der Waals surface area (Å²) < 4.78 is 0. The molecule has 0 heterocycles. The summed E-state index contributed by atoms with van der Waals surface area (Å²) in [7, 11) is 0. The predicted molar refractivity (Wildman–Crippen MR) is 11.5 cm³/mol. The molecule has 0 saturated heterocycles. The molecule has 0 rings (SSSR count). The molecule has 4 heavy (non-hydrogen) atoms. The van der Waals surface area contributed by atoms with Crippen LogP contribution in [0.25, 0.3) is 0 Å². The van der Waals surface area contributed by atoms with E-state index in [0.717, 1.165) is 0 Å². The maximum absolute atomic E-state index is 4.75.